The molecule has 2 fully saturated rings. The van der Waals surface area contributed by atoms with Gasteiger partial charge in [0.25, 0.3) is 0 Å². The van der Waals surface area contributed by atoms with E-state index in [1.54, 1.807) is 12.3 Å². The summed E-state index contributed by atoms with van der Waals surface area (Å²) in [7, 11) is 0. The van der Waals surface area contributed by atoms with E-state index in [1.165, 1.54) is 12.8 Å². The van der Waals surface area contributed by atoms with Gasteiger partial charge < -0.3 is 10.5 Å². The molecule has 116 valence electrons. The highest BCUT2D eigenvalue weighted by atomic mass is 16.5. The van der Waals surface area contributed by atoms with E-state index in [4.69, 9.17) is 10.5 Å². The van der Waals surface area contributed by atoms with Gasteiger partial charge in [0.15, 0.2) is 0 Å². The highest BCUT2D eigenvalue weighted by Crippen LogP contribution is 2.20. The number of hydrogen-bond donors (Lipinski definition) is 1. The lowest BCUT2D eigenvalue weighted by Gasteiger charge is -2.41. The van der Waals surface area contributed by atoms with Gasteiger partial charge in [-0.1, -0.05) is 0 Å². The van der Waals surface area contributed by atoms with Gasteiger partial charge in [-0.2, -0.15) is 0 Å². The number of rotatable bonds is 3. The zero-order chi connectivity index (χ0) is 14.7. The lowest BCUT2D eigenvalue weighted by atomic mass is 10.0. The Morgan fingerprint density at radius 3 is 2.86 bits per heavy atom. The molecule has 2 aliphatic rings. The van der Waals surface area contributed by atoms with Gasteiger partial charge in [-0.25, -0.2) is 9.97 Å². The summed E-state index contributed by atoms with van der Waals surface area (Å²) in [4.78, 5) is 13.6. The Balaban J connectivity index is 1.48. The summed E-state index contributed by atoms with van der Waals surface area (Å²) in [6, 6.07) is 2.43. The predicted octanol–water partition coefficient (Wildman–Crippen LogP) is 0.744. The molecule has 0 aromatic carbocycles. The van der Waals surface area contributed by atoms with Crippen LogP contribution in [-0.4, -0.2) is 64.7 Å². The van der Waals surface area contributed by atoms with E-state index in [-0.39, 0.29) is 0 Å². The number of anilines is 1. The molecule has 0 radical (unpaired) electrons. The summed E-state index contributed by atoms with van der Waals surface area (Å²) in [5.74, 6) is 1.38. The number of likely N-dealkylation sites (tertiary alicyclic amines) is 1. The van der Waals surface area contributed by atoms with Crippen molar-refractivity contribution < 1.29 is 4.74 Å². The van der Waals surface area contributed by atoms with Crippen molar-refractivity contribution in [3.63, 3.8) is 0 Å². The maximum absolute atomic E-state index is 5.71. The lowest BCUT2D eigenvalue weighted by Crippen LogP contribution is -2.50. The van der Waals surface area contributed by atoms with E-state index in [0.29, 0.717) is 18.0 Å². The van der Waals surface area contributed by atoms with Crippen LogP contribution in [0.4, 0.5) is 5.82 Å². The Kier molecular flexibility index (Phi) is 4.67. The third-order valence-electron chi connectivity index (χ3n) is 4.44. The average molecular weight is 291 g/mol. The number of hydrogen-bond acceptors (Lipinski definition) is 6. The average Bonchev–Trinajstić information content (AvgIpc) is 2.48. The number of nitrogens with two attached hydrogens (primary N) is 1. The zero-order valence-electron chi connectivity index (χ0n) is 12.7. The summed E-state index contributed by atoms with van der Waals surface area (Å²) in [5, 5.41) is 0. The summed E-state index contributed by atoms with van der Waals surface area (Å²) in [5.41, 5.74) is 5.71. The maximum atomic E-state index is 5.71. The van der Waals surface area contributed by atoms with Crippen molar-refractivity contribution in [1.29, 1.82) is 0 Å². The van der Waals surface area contributed by atoms with Crippen LogP contribution in [0.15, 0.2) is 12.3 Å². The van der Waals surface area contributed by atoms with Crippen molar-refractivity contribution in [3.05, 3.63) is 18.1 Å². The van der Waals surface area contributed by atoms with Crippen molar-refractivity contribution in [2.24, 2.45) is 0 Å². The number of ether oxygens (including phenoxy) is 1. The molecular weight excluding hydrogens is 266 g/mol. The minimum Gasteiger partial charge on any atom is -0.384 e. The van der Waals surface area contributed by atoms with Crippen molar-refractivity contribution in [3.8, 4) is 0 Å². The van der Waals surface area contributed by atoms with E-state index < -0.39 is 0 Å². The topological polar surface area (TPSA) is 67.5 Å². The van der Waals surface area contributed by atoms with Gasteiger partial charge in [0.05, 0.1) is 19.3 Å². The Hall–Kier alpha value is -1.24. The van der Waals surface area contributed by atoms with Crippen molar-refractivity contribution >= 4 is 5.82 Å². The van der Waals surface area contributed by atoms with E-state index >= 15 is 0 Å². The second-order valence-electron chi connectivity index (χ2n) is 6.08. The van der Waals surface area contributed by atoms with Crippen molar-refractivity contribution in [2.75, 3.05) is 38.5 Å². The lowest BCUT2D eigenvalue weighted by molar-refractivity contribution is -0.0438. The minimum atomic E-state index is 0.373. The van der Waals surface area contributed by atoms with Gasteiger partial charge in [-0.05, 0) is 25.8 Å². The first-order valence-electron chi connectivity index (χ1n) is 7.86. The highest BCUT2D eigenvalue weighted by molar-refractivity contribution is 5.24. The molecule has 0 bridgehead atoms. The summed E-state index contributed by atoms with van der Waals surface area (Å²) in [6.07, 6.45) is 4.54. The largest absolute Gasteiger partial charge is 0.384 e. The van der Waals surface area contributed by atoms with Gasteiger partial charge in [-0.3, -0.25) is 9.80 Å². The summed E-state index contributed by atoms with van der Waals surface area (Å²) >= 11 is 0. The van der Waals surface area contributed by atoms with Crippen LogP contribution in [0.3, 0.4) is 0 Å². The molecule has 0 aliphatic carbocycles. The maximum Gasteiger partial charge on any atom is 0.144 e. The number of aromatic nitrogens is 2. The first kappa shape index (κ1) is 14.7. The van der Waals surface area contributed by atoms with E-state index in [0.717, 1.165) is 45.2 Å². The molecule has 1 unspecified atom stereocenters. The van der Waals surface area contributed by atoms with Crippen molar-refractivity contribution in [1.82, 2.24) is 19.8 Å². The highest BCUT2D eigenvalue weighted by Gasteiger charge is 2.27. The van der Waals surface area contributed by atoms with Crippen LogP contribution in [0.1, 0.15) is 25.6 Å². The molecule has 0 spiro atoms. The quantitative estimate of drug-likeness (QED) is 0.886. The Morgan fingerprint density at radius 2 is 2.14 bits per heavy atom. The second-order valence-corrected chi connectivity index (χ2v) is 6.08. The molecule has 6 nitrogen and oxygen atoms in total. The van der Waals surface area contributed by atoms with E-state index in [9.17, 15) is 0 Å². The fourth-order valence-electron chi connectivity index (χ4n) is 3.31. The third kappa shape index (κ3) is 3.90. The second kappa shape index (κ2) is 6.68. The molecule has 0 saturated carbocycles. The fraction of sp³-hybridized carbons (Fsp3) is 0.733. The minimum absolute atomic E-state index is 0.373. The number of piperidine rings is 1. The first-order valence-corrected chi connectivity index (χ1v) is 7.86. The van der Waals surface area contributed by atoms with Gasteiger partial charge in [0.1, 0.15) is 11.6 Å². The Bertz CT molecular complexity index is 461. The summed E-state index contributed by atoms with van der Waals surface area (Å²) < 4.78 is 5.63. The molecule has 3 rings (SSSR count). The monoisotopic (exact) mass is 291 g/mol. The first-order chi connectivity index (χ1) is 10.2. The number of nitrogen functional groups attached to an aromatic ring is 1. The SMILES string of the molecule is CC1CN(C2CCN(Cc3nccc(N)n3)CC2)CCO1. The molecule has 21 heavy (non-hydrogen) atoms. The van der Waals surface area contributed by atoms with Crippen LogP contribution in [0.25, 0.3) is 0 Å². The van der Waals surface area contributed by atoms with E-state index in [1.807, 2.05) is 0 Å². The normalized spacial score (nSPS) is 26.0. The van der Waals surface area contributed by atoms with E-state index in [2.05, 4.69) is 26.7 Å². The smallest absolute Gasteiger partial charge is 0.144 e. The van der Waals surface area contributed by atoms with Crippen LogP contribution in [0.2, 0.25) is 0 Å². The zero-order valence-corrected chi connectivity index (χ0v) is 12.7. The molecular formula is C15H25N5O. The summed E-state index contributed by atoms with van der Waals surface area (Å²) in [6.45, 7) is 8.20. The number of morpholine rings is 1. The molecule has 0 amide bonds. The van der Waals surface area contributed by atoms with Crippen LogP contribution < -0.4 is 5.73 Å². The Labute approximate surface area is 126 Å². The molecule has 2 saturated heterocycles. The van der Waals surface area contributed by atoms with Crippen LogP contribution in [0.5, 0.6) is 0 Å². The van der Waals surface area contributed by atoms with Crippen LogP contribution in [-0.2, 0) is 11.3 Å². The molecule has 1 aromatic rings. The number of nitrogens with zero attached hydrogens (tertiary/aromatic N) is 4. The van der Waals surface area contributed by atoms with Gasteiger partial charge in [0.2, 0.25) is 0 Å². The van der Waals surface area contributed by atoms with Crippen molar-refractivity contribution in [2.45, 2.75) is 38.5 Å². The standard InChI is InChI=1S/C15H25N5O/c1-12-10-20(8-9-21-12)13-3-6-19(7-4-13)11-15-17-5-2-14(16)18-15/h2,5,12-13H,3-4,6-11H2,1H3,(H2,16,17,18). The Morgan fingerprint density at radius 1 is 1.33 bits per heavy atom. The van der Waals surface area contributed by atoms with Gasteiger partial charge in [-0.15, -0.1) is 0 Å². The van der Waals surface area contributed by atoms with Gasteiger partial charge in [0, 0.05) is 38.4 Å². The molecule has 3 heterocycles. The predicted molar refractivity (Wildman–Crippen MR) is 81.7 cm³/mol. The van der Waals surface area contributed by atoms with Gasteiger partial charge >= 0.3 is 0 Å². The molecule has 1 aromatic heterocycles. The van der Waals surface area contributed by atoms with Crippen LogP contribution in [0, 0.1) is 0 Å². The molecule has 6 heteroatoms. The molecule has 1 atom stereocenters. The molecule has 2 N–H and O–H groups in total. The van der Waals surface area contributed by atoms with Crippen LogP contribution >= 0.6 is 0 Å². The third-order valence-corrected chi connectivity index (χ3v) is 4.44. The molecule has 2 aliphatic heterocycles. The fourth-order valence-corrected chi connectivity index (χ4v) is 3.31.